The van der Waals surface area contributed by atoms with Crippen molar-refractivity contribution in [3.8, 4) is 11.5 Å². The molecule has 2 N–H and O–H groups in total. The molecular formula is C22H21N3O4. The molecule has 1 saturated heterocycles. The van der Waals surface area contributed by atoms with Gasteiger partial charge in [0.05, 0.1) is 5.92 Å². The molecule has 2 aliphatic heterocycles. The number of para-hydroxylation sites is 1. The Hall–Kier alpha value is -3.48. The fraction of sp³-hybridized carbons (Fsp3) is 0.273. The zero-order valence-electron chi connectivity index (χ0n) is 15.8. The molecule has 29 heavy (non-hydrogen) atoms. The summed E-state index contributed by atoms with van der Waals surface area (Å²) in [5.74, 6) is 0.812. The van der Waals surface area contributed by atoms with Crippen LogP contribution in [0.2, 0.25) is 0 Å². The Morgan fingerprint density at radius 3 is 2.97 bits per heavy atom. The van der Waals surface area contributed by atoms with Crippen LogP contribution in [-0.4, -0.2) is 36.7 Å². The molecule has 3 aromatic rings. The van der Waals surface area contributed by atoms with Gasteiger partial charge in [0.15, 0.2) is 11.5 Å². The molecule has 7 nitrogen and oxygen atoms in total. The topological polar surface area (TPSA) is 83.7 Å². The first-order chi connectivity index (χ1) is 14.2. The molecule has 2 amide bonds. The van der Waals surface area contributed by atoms with E-state index < -0.39 is 0 Å². The van der Waals surface area contributed by atoms with E-state index in [1.54, 1.807) is 17.0 Å². The Morgan fingerprint density at radius 1 is 1.17 bits per heavy atom. The second-order valence-electron chi connectivity index (χ2n) is 7.34. The number of hydrogen-bond acceptors (Lipinski definition) is 4. The number of nitrogens with zero attached hydrogens (tertiary/aromatic N) is 1. The number of nitrogens with one attached hydrogen (secondary N) is 2. The van der Waals surface area contributed by atoms with E-state index >= 15 is 0 Å². The van der Waals surface area contributed by atoms with Gasteiger partial charge in [-0.1, -0.05) is 18.2 Å². The van der Waals surface area contributed by atoms with Crippen molar-refractivity contribution < 1.29 is 19.1 Å². The number of rotatable bonds is 5. The van der Waals surface area contributed by atoms with E-state index in [0.29, 0.717) is 24.6 Å². The highest BCUT2D eigenvalue weighted by atomic mass is 16.7. The molecule has 1 fully saturated rings. The van der Waals surface area contributed by atoms with E-state index in [4.69, 9.17) is 9.47 Å². The fourth-order valence-electron chi connectivity index (χ4n) is 3.99. The third kappa shape index (κ3) is 3.29. The van der Waals surface area contributed by atoms with E-state index in [2.05, 4.69) is 16.4 Å². The molecule has 1 atom stereocenters. The first kappa shape index (κ1) is 17.6. The minimum absolute atomic E-state index is 0.0550. The summed E-state index contributed by atoms with van der Waals surface area (Å²) < 4.78 is 10.7. The number of H-pyrrole nitrogens is 1. The van der Waals surface area contributed by atoms with Crippen LogP contribution in [0.3, 0.4) is 0 Å². The Kier molecular flexibility index (Phi) is 4.35. The quantitative estimate of drug-likeness (QED) is 0.700. The molecule has 5 rings (SSSR count). The van der Waals surface area contributed by atoms with E-state index in [1.165, 1.54) is 10.9 Å². The average Bonchev–Trinajstić information content (AvgIpc) is 3.45. The first-order valence-corrected chi connectivity index (χ1v) is 9.72. The van der Waals surface area contributed by atoms with Crippen molar-refractivity contribution in [2.24, 2.45) is 5.92 Å². The summed E-state index contributed by atoms with van der Waals surface area (Å²) in [5, 5.41) is 4.16. The normalized spacial score (nSPS) is 17.9. The van der Waals surface area contributed by atoms with Gasteiger partial charge in [-0.15, -0.1) is 0 Å². The first-order valence-electron chi connectivity index (χ1n) is 9.72. The lowest BCUT2D eigenvalue weighted by Gasteiger charge is -2.17. The average molecular weight is 391 g/mol. The summed E-state index contributed by atoms with van der Waals surface area (Å²) >= 11 is 0. The van der Waals surface area contributed by atoms with Crippen LogP contribution >= 0.6 is 0 Å². The lowest BCUT2D eigenvalue weighted by Crippen LogP contribution is -2.34. The summed E-state index contributed by atoms with van der Waals surface area (Å²) in [6.07, 6.45) is 2.94. The molecule has 2 aliphatic rings. The van der Waals surface area contributed by atoms with Crippen molar-refractivity contribution in [1.29, 1.82) is 0 Å². The van der Waals surface area contributed by atoms with Gasteiger partial charge in [-0.25, -0.2) is 0 Å². The molecule has 148 valence electrons. The van der Waals surface area contributed by atoms with Crippen molar-refractivity contribution in [3.05, 3.63) is 54.2 Å². The summed E-state index contributed by atoms with van der Waals surface area (Å²) in [5.41, 5.74) is 2.99. The van der Waals surface area contributed by atoms with E-state index in [0.717, 1.165) is 17.6 Å². The maximum atomic E-state index is 12.6. The van der Waals surface area contributed by atoms with Crippen molar-refractivity contribution in [2.45, 2.75) is 12.8 Å². The minimum atomic E-state index is -0.351. The number of carbonyl (C=O) groups is 2. The highest BCUT2D eigenvalue weighted by Gasteiger charge is 2.35. The van der Waals surface area contributed by atoms with Gasteiger partial charge in [0.25, 0.3) is 0 Å². The monoisotopic (exact) mass is 391 g/mol. The zero-order valence-corrected chi connectivity index (χ0v) is 15.8. The molecule has 1 aromatic heterocycles. The SMILES string of the molecule is O=C(NCCc1c[nH]c2ccccc12)C1CC(=O)N(c2ccc3c(c2)OCO3)C1. The van der Waals surface area contributed by atoms with Crippen molar-refractivity contribution in [2.75, 3.05) is 24.8 Å². The predicted molar refractivity (Wildman–Crippen MR) is 108 cm³/mol. The number of amides is 2. The lowest BCUT2D eigenvalue weighted by molar-refractivity contribution is -0.126. The van der Waals surface area contributed by atoms with Crippen LogP contribution < -0.4 is 19.7 Å². The van der Waals surface area contributed by atoms with Crippen LogP contribution in [0.25, 0.3) is 10.9 Å². The van der Waals surface area contributed by atoms with E-state index in [1.807, 2.05) is 30.5 Å². The summed E-state index contributed by atoms with van der Waals surface area (Å²) in [4.78, 5) is 30.0. The number of ether oxygens (including phenoxy) is 2. The van der Waals surface area contributed by atoms with Gasteiger partial charge < -0.3 is 24.7 Å². The third-order valence-corrected chi connectivity index (χ3v) is 5.53. The van der Waals surface area contributed by atoms with Crippen molar-refractivity contribution >= 4 is 28.4 Å². The molecule has 0 radical (unpaired) electrons. The predicted octanol–water partition coefficient (Wildman–Crippen LogP) is 2.61. The summed E-state index contributed by atoms with van der Waals surface area (Å²) in [6, 6.07) is 13.5. The second-order valence-corrected chi connectivity index (χ2v) is 7.34. The maximum Gasteiger partial charge on any atom is 0.231 e. The van der Waals surface area contributed by atoms with Gasteiger partial charge in [-0.05, 0) is 30.2 Å². The number of anilines is 1. The Labute approximate surface area is 167 Å². The number of hydrogen-bond donors (Lipinski definition) is 2. The smallest absolute Gasteiger partial charge is 0.231 e. The standard InChI is InChI=1S/C22H21N3O4/c26-21-9-15(12-25(21)16-5-6-19-20(10-16)29-13-28-19)22(27)23-8-7-14-11-24-18-4-2-1-3-17(14)18/h1-6,10-11,15,24H,7-9,12-13H2,(H,23,27). The van der Waals surface area contributed by atoms with Crippen LogP contribution in [0.5, 0.6) is 11.5 Å². The number of aromatic amines is 1. The van der Waals surface area contributed by atoms with Crippen molar-refractivity contribution in [1.82, 2.24) is 10.3 Å². The van der Waals surface area contributed by atoms with Gasteiger partial charge in [-0.3, -0.25) is 9.59 Å². The lowest BCUT2D eigenvalue weighted by atomic mass is 10.1. The van der Waals surface area contributed by atoms with Gasteiger partial charge in [-0.2, -0.15) is 0 Å². The Morgan fingerprint density at radius 2 is 2.03 bits per heavy atom. The molecule has 7 heteroatoms. The highest BCUT2D eigenvalue weighted by Crippen LogP contribution is 2.37. The summed E-state index contributed by atoms with van der Waals surface area (Å²) in [7, 11) is 0. The Balaban J connectivity index is 1.19. The van der Waals surface area contributed by atoms with E-state index in [9.17, 15) is 9.59 Å². The Bertz CT molecular complexity index is 1090. The molecule has 0 bridgehead atoms. The van der Waals surface area contributed by atoms with Crippen LogP contribution in [0.15, 0.2) is 48.7 Å². The molecule has 0 spiro atoms. The molecule has 0 saturated carbocycles. The number of carbonyl (C=O) groups excluding carboxylic acids is 2. The second kappa shape index (κ2) is 7.16. The van der Waals surface area contributed by atoms with Crippen molar-refractivity contribution in [3.63, 3.8) is 0 Å². The molecule has 2 aromatic carbocycles. The molecule has 3 heterocycles. The zero-order chi connectivity index (χ0) is 19.8. The van der Waals surface area contributed by atoms with Crippen LogP contribution in [-0.2, 0) is 16.0 Å². The maximum absolute atomic E-state index is 12.6. The van der Waals surface area contributed by atoms with Gasteiger partial charge >= 0.3 is 0 Å². The minimum Gasteiger partial charge on any atom is -0.454 e. The number of fused-ring (bicyclic) bond motifs is 2. The van der Waals surface area contributed by atoms with Crippen LogP contribution in [0, 0.1) is 5.92 Å². The highest BCUT2D eigenvalue weighted by molar-refractivity contribution is 6.00. The van der Waals surface area contributed by atoms with Crippen LogP contribution in [0.4, 0.5) is 5.69 Å². The van der Waals surface area contributed by atoms with Gasteiger partial charge in [0.2, 0.25) is 18.6 Å². The molecular weight excluding hydrogens is 370 g/mol. The van der Waals surface area contributed by atoms with E-state index in [-0.39, 0.29) is 30.9 Å². The van der Waals surface area contributed by atoms with Gasteiger partial charge in [0.1, 0.15) is 0 Å². The largest absolute Gasteiger partial charge is 0.454 e. The third-order valence-electron chi connectivity index (χ3n) is 5.53. The van der Waals surface area contributed by atoms with Crippen LogP contribution in [0.1, 0.15) is 12.0 Å². The number of aromatic nitrogens is 1. The number of benzene rings is 2. The molecule has 0 aliphatic carbocycles. The fourth-order valence-corrected chi connectivity index (χ4v) is 3.99. The summed E-state index contributed by atoms with van der Waals surface area (Å²) in [6.45, 7) is 1.10. The molecule has 1 unspecified atom stereocenters. The van der Waals surface area contributed by atoms with Gasteiger partial charge in [0, 0.05) is 48.4 Å².